The first kappa shape index (κ1) is 19.5. The normalized spacial score (nSPS) is 10.6. The molecule has 1 heterocycles. The van der Waals surface area contributed by atoms with Crippen LogP contribution in [0, 0.1) is 0 Å². The second-order valence-corrected chi connectivity index (χ2v) is 8.07. The minimum Gasteiger partial charge on any atom is -0.339 e. The maximum absolute atomic E-state index is 12.5. The first-order chi connectivity index (χ1) is 11.9. The second-order valence-electron chi connectivity index (χ2n) is 5.90. The maximum atomic E-state index is 12.5. The van der Waals surface area contributed by atoms with Crippen LogP contribution in [0.2, 0.25) is 0 Å². The van der Waals surface area contributed by atoms with Gasteiger partial charge in [-0.2, -0.15) is 0 Å². The van der Waals surface area contributed by atoms with E-state index in [1.54, 1.807) is 25.4 Å². The van der Waals surface area contributed by atoms with E-state index in [9.17, 15) is 9.59 Å². The largest absolute Gasteiger partial charge is 0.339 e. The van der Waals surface area contributed by atoms with Gasteiger partial charge in [-0.3, -0.25) is 9.59 Å². The Balaban J connectivity index is 2.04. The van der Waals surface area contributed by atoms with E-state index in [4.69, 9.17) is 0 Å². The molecule has 0 saturated heterocycles. The topological polar surface area (TPSA) is 49.4 Å². The van der Waals surface area contributed by atoms with Crippen LogP contribution >= 0.6 is 23.1 Å². The summed E-state index contributed by atoms with van der Waals surface area (Å²) in [6.45, 7) is 4.27. The Hall–Kier alpha value is -1.79. The Labute approximate surface area is 157 Å². The van der Waals surface area contributed by atoms with Gasteiger partial charge >= 0.3 is 0 Å². The smallest absolute Gasteiger partial charge is 0.285 e. The van der Waals surface area contributed by atoms with Gasteiger partial charge in [0, 0.05) is 29.6 Å². The number of thiophene rings is 1. The fraction of sp³-hybridized carbons (Fsp3) is 0.368. The highest BCUT2D eigenvalue weighted by molar-refractivity contribution is 8.13. The van der Waals surface area contributed by atoms with Crippen molar-refractivity contribution in [2.24, 2.45) is 0 Å². The summed E-state index contributed by atoms with van der Waals surface area (Å²) in [5.41, 5.74) is 2.00. The third-order valence-corrected chi connectivity index (χ3v) is 5.94. The van der Waals surface area contributed by atoms with E-state index in [0.717, 1.165) is 34.7 Å². The molecule has 2 aromatic rings. The minimum atomic E-state index is -0.0770. The molecule has 6 heteroatoms. The van der Waals surface area contributed by atoms with Gasteiger partial charge in [0.15, 0.2) is 0 Å². The second kappa shape index (κ2) is 9.06. The summed E-state index contributed by atoms with van der Waals surface area (Å²) in [7, 11) is 3.45. The third kappa shape index (κ3) is 5.34. The lowest BCUT2D eigenvalue weighted by Crippen LogP contribution is -2.16. The van der Waals surface area contributed by atoms with E-state index in [0.29, 0.717) is 0 Å². The number of nitrogens with zero attached hydrogens (tertiary/aromatic N) is 1. The number of amides is 2. The lowest BCUT2D eigenvalue weighted by Gasteiger charge is -2.09. The molecule has 1 N–H and O–H groups in total. The van der Waals surface area contributed by atoms with Gasteiger partial charge in [-0.1, -0.05) is 20.3 Å². The maximum Gasteiger partial charge on any atom is 0.285 e. The molecule has 1 aromatic carbocycles. The van der Waals surface area contributed by atoms with Gasteiger partial charge in [0.25, 0.3) is 11.1 Å². The summed E-state index contributed by atoms with van der Waals surface area (Å²) >= 11 is 2.75. The summed E-state index contributed by atoms with van der Waals surface area (Å²) in [5.74, 6) is -0.0770. The molecule has 0 bridgehead atoms. The quantitative estimate of drug-likeness (QED) is 0.697. The predicted molar refractivity (Wildman–Crippen MR) is 107 cm³/mol. The van der Waals surface area contributed by atoms with Crippen molar-refractivity contribution in [2.45, 2.75) is 38.0 Å². The summed E-state index contributed by atoms with van der Waals surface area (Å²) in [6.07, 6.45) is 3.05. The number of aryl methyl sites for hydroxylation is 2. The number of carbonyl (C=O) groups excluding carboxylic acids is 2. The van der Waals surface area contributed by atoms with Crippen LogP contribution in [-0.2, 0) is 12.8 Å². The highest BCUT2D eigenvalue weighted by atomic mass is 32.2. The number of hydrogen-bond donors (Lipinski definition) is 1. The van der Waals surface area contributed by atoms with E-state index < -0.39 is 0 Å². The Morgan fingerprint density at radius 1 is 1.16 bits per heavy atom. The summed E-state index contributed by atoms with van der Waals surface area (Å²) in [4.78, 5) is 28.6. The minimum absolute atomic E-state index is 0.0223. The van der Waals surface area contributed by atoms with Gasteiger partial charge in [0.2, 0.25) is 0 Å². The molecule has 0 spiro atoms. The highest BCUT2D eigenvalue weighted by Crippen LogP contribution is 2.26. The first-order valence-electron chi connectivity index (χ1n) is 8.36. The predicted octanol–water partition coefficient (Wildman–Crippen LogP) is 5.29. The van der Waals surface area contributed by atoms with Crippen LogP contribution in [0.3, 0.4) is 0 Å². The van der Waals surface area contributed by atoms with Crippen molar-refractivity contribution in [2.75, 3.05) is 19.4 Å². The van der Waals surface area contributed by atoms with Gasteiger partial charge in [-0.15, -0.1) is 11.3 Å². The zero-order chi connectivity index (χ0) is 18.4. The van der Waals surface area contributed by atoms with Crippen molar-refractivity contribution < 1.29 is 9.59 Å². The molecule has 0 saturated carbocycles. The summed E-state index contributed by atoms with van der Waals surface area (Å²) < 4.78 is 0. The number of thioether (sulfide) groups is 1. The van der Waals surface area contributed by atoms with Crippen LogP contribution in [-0.4, -0.2) is 30.1 Å². The molecule has 0 aliphatic heterocycles. The molecule has 0 aliphatic rings. The molecule has 0 atom stereocenters. The van der Waals surface area contributed by atoms with Gasteiger partial charge in [0.1, 0.15) is 0 Å². The van der Waals surface area contributed by atoms with Crippen molar-refractivity contribution in [3.05, 3.63) is 45.6 Å². The van der Waals surface area contributed by atoms with Crippen LogP contribution in [0.1, 0.15) is 40.4 Å². The third-order valence-electron chi connectivity index (χ3n) is 3.66. The van der Waals surface area contributed by atoms with E-state index in [1.165, 1.54) is 27.1 Å². The van der Waals surface area contributed by atoms with Crippen molar-refractivity contribution in [1.29, 1.82) is 0 Å². The SMILES string of the molecule is CCCc1sc(C(=O)Nc2ccc(SC(=O)N(C)C)cc2)cc1CC. The first-order valence-corrected chi connectivity index (χ1v) is 10.00. The van der Waals surface area contributed by atoms with Crippen molar-refractivity contribution in [1.82, 2.24) is 4.90 Å². The Kier molecular flexibility index (Phi) is 7.08. The fourth-order valence-corrected chi connectivity index (χ4v) is 4.21. The fourth-order valence-electron chi connectivity index (χ4n) is 2.31. The van der Waals surface area contributed by atoms with Gasteiger partial charge in [0.05, 0.1) is 4.88 Å². The van der Waals surface area contributed by atoms with E-state index in [1.807, 2.05) is 30.3 Å². The van der Waals surface area contributed by atoms with Crippen molar-refractivity contribution in [3.8, 4) is 0 Å². The average Bonchev–Trinajstić information content (AvgIpc) is 3.00. The van der Waals surface area contributed by atoms with Gasteiger partial charge in [-0.05, 0) is 60.5 Å². The average molecular weight is 377 g/mol. The van der Waals surface area contributed by atoms with Crippen LogP contribution in [0.5, 0.6) is 0 Å². The number of carbonyl (C=O) groups is 2. The van der Waals surface area contributed by atoms with Crippen LogP contribution in [0.15, 0.2) is 35.2 Å². The molecule has 1 aromatic heterocycles. The van der Waals surface area contributed by atoms with Crippen molar-refractivity contribution in [3.63, 3.8) is 0 Å². The Bertz CT molecular complexity index is 736. The number of nitrogens with one attached hydrogen (secondary N) is 1. The summed E-state index contributed by atoms with van der Waals surface area (Å²) in [6, 6.07) is 9.34. The van der Waals surface area contributed by atoms with E-state index in [-0.39, 0.29) is 11.1 Å². The number of rotatable bonds is 6. The molecule has 134 valence electrons. The molecule has 25 heavy (non-hydrogen) atoms. The molecular formula is C19H24N2O2S2. The lowest BCUT2D eigenvalue weighted by atomic mass is 10.1. The monoisotopic (exact) mass is 376 g/mol. The van der Waals surface area contributed by atoms with Crippen LogP contribution < -0.4 is 5.32 Å². The molecule has 0 unspecified atom stereocenters. The molecule has 2 amide bonds. The number of benzene rings is 1. The number of anilines is 1. The van der Waals surface area contributed by atoms with Crippen LogP contribution in [0.25, 0.3) is 0 Å². The molecule has 0 aliphatic carbocycles. The zero-order valence-electron chi connectivity index (χ0n) is 15.1. The van der Waals surface area contributed by atoms with Crippen molar-refractivity contribution >= 4 is 39.9 Å². The Morgan fingerprint density at radius 2 is 1.84 bits per heavy atom. The van der Waals surface area contributed by atoms with Gasteiger partial charge < -0.3 is 10.2 Å². The molecule has 4 nitrogen and oxygen atoms in total. The van der Waals surface area contributed by atoms with E-state index in [2.05, 4.69) is 19.2 Å². The van der Waals surface area contributed by atoms with E-state index >= 15 is 0 Å². The molecule has 0 fully saturated rings. The summed E-state index contributed by atoms with van der Waals surface area (Å²) in [5, 5.41) is 2.91. The molecule has 0 radical (unpaired) electrons. The number of hydrogen-bond acceptors (Lipinski definition) is 4. The Morgan fingerprint density at radius 3 is 2.40 bits per heavy atom. The zero-order valence-corrected chi connectivity index (χ0v) is 16.7. The molecule has 2 rings (SSSR count). The highest BCUT2D eigenvalue weighted by Gasteiger charge is 2.14. The lowest BCUT2D eigenvalue weighted by molar-refractivity contribution is 0.103. The standard InChI is InChI=1S/C19H24N2O2S2/c1-5-7-16-13(6-2)12-17(25-16)18(22)20-14-8-10-15(11-9-14)24-19(23)21(3)4/h8-12H,5-7H2,1-4H3,(H,20,22). The van der Waals surface area contributed by atoms with Crippen LogP contribution in [0.4, 0.5) is 10.5 Å². The van der Waals surface area contributed by atoms with Gasteiger partial charge in [-0.25, -0.2) is 0 Å². The molecular weight excluding hydrogens is 352 g/mol.